The van der Waals surface area contributed by atoms with Gasteiger partial charge in [0.1, 0.15) is 17.6 Å². The van der Waals surface area contributed by atoms with Gasteiger partial charge in [0.05, 0.1) is 17.9 Å². The quantitative estimate of drug-likeness (QED) is 0.669. The van der Waals surface area contributed by atoms with Crippen LogP contribution in [0.25, 0.3) is 0 Å². The predicted molar refractivity (Wildman–Crippen MR) is 94.8 cm³/mol. The first-order chi connectivity index (χ1) is 12.8. The van der Waals surface area contributed by atoms with Crippen LogP contribution in [0.15, 0.2) is 18.2 Å². The molecule has 27 heavy (non-hydrogen) atoms. The smallest absolute Gasteiger partial charge is 0.258 e. The molecule has 1 aliphatic heterocycles. The average Bonchev–Trinajstić information content (AvgIpc) is 2.99. The molecule has 0 aromatic heterocycles. The fourth-order valence-corrected chi connectivity index (χ4v) is 4.39. The Hall–Kier alpha value is -1.90. The zero-order valence-corrected chi connectivity index (χ0v) is 15.6. The number of nitrogens with one attached hydrogen (secondary N) is 3. The third kappa shape index (κ3) is 3.49. The number of rotatable bonds is 6. The molecule has 146 valence electrons. The highest BCUT2D eigenvalue weighted by Gasteiger charge is 2.69. The summed E-state index contributed by atoms with van der Waals surface area (Å²) in [6.07, 6.45) is 1.96. The second-order valence-corrected chi connectivity index (χ2v) is 8.10. The van der Waals surface area contributed by atoms with Gasteiger partial charge in [-0.2, -0.15) is 0 Å². The van der Waals surface area contributed by atoms with Crippen LogP contribution in [0, 0.1) is 5.82 Å². The van der Waals surface area contributed by atoms with Crippen LogP contribution in [0.5, 0.6) is 5.75 Å². The Balaban J connectivity index is 1.21. The lowest BCUT2D eigenvalue weighted by Crippen LogP contribution is -2.84. The maximum atomic E-state index is 13.4. The Bertz CT molecular complexity index is 770. The largest absolute Gasteiger partial charge is 0.484 e. The van der Waals surface area contributed by atoms with Crippen molar-refractivity contribution < 1.29 is 23.5 Å². The molecule has 2 unspecified atom stereocenters. The summed E-state index contributed by atoms with van der Waals surface area (Å²) >= 11 is 5.61. The Kier molecular flexibility index (Phi) is 4.52. The van der Waals surface area contributed by atoms with Crippen LogP contribution in [0.2, 0.25) is 5.02 Å². The van der Waals surface area contributed by atoms with Gasteiger partial charge in [0.25, 0.3) is 5.91 Å². The van der Waals surface area contributed by atoms with E-state index in [1.54, 1.807) is 0 Å². The van der Waals surface area contributed by atoms with Crippen LogP contribution in [0.1, 0.15) is 26.2 Å². The van der Waals surface area contributed by atoms with Gasteiger partial charge in [-0.1, -0.05) is 11.6 Å². The van der Waals surface area contributed by atoms with Crippen LogP contribution in [-0.2, 0) is 14.3 Å². The van der Waals surface area contributed by atoms with Crippen LogP contribution < -0.4 is 20.7 Å². The van der Waals surface area contributed by atoms with Gasteiger partial charge in [0, 0.05) is 17.1 Å². The first kappa shape index (κ1) is 18.5. The van der Waals surface area contributed by atoms with E-state index in [-0.39, 0.29) is 52.4 Å². The number of carbonyl (C=O) groups excluding carboxylic acids is 2. The molecule has 2 atom stereocenters. The second-order valence-electron chi connectivity index (χ2n) is 7.69. The van der Waals surface area contributed by atoms with Gasteiger partial charge in [0.2, 0.25) is 5.91 Å². The van der Waals surface area contributed by atoms with E-state index in [4.69, 9.17) is 21.1 Å². The summed E-state index contributed by atoms with van der Waals surface area (Å²) in [5.74, 6) is -0.686. The number of carbonyl (C=O) groups is 2. The maximum absolute atomic E-state index is 13.4. The van der Waals surface area contributed by atoms with E-state index in [0.29, 0.717) is 26.0 Å². The number of halogens is 2. The molecule has 9 heteroatoms. The van der Waals surface area contributed by atoms with E-state index in [0.717, 1.165) is 6.07 Å². The van der Waals surface area contributed by atoms with E-state index < -0.39 is 5.82 Å². The molecule has 5 rings (SSSR count). The second kappa shape index (κ2) is 6.61. The monoisotopic (exact) mass is 397 g/mol. The number of ether oxygens (including phenoxy) is 2. The van der Waals surface area contributed by atoms with Gasteiger partial charge in [-0.15, -0.1) is 0 Å². The Morgan fingerprint density at radius 3 is 2.67 bits per heavy atom. The first-order valence-electron chi connectivity index (χ1n) is 8.86. The topological polar surface area (TPSA) is 88.7 Å². The summed E-state index contributed by atoms with van der Waals surface area (Å²) in [5.41, 5.74) is -0.501. The summed E-state index contributed by atoms with van der Waals surface area (Å²) < 4.78 is 24.0. The number of hydrogen-bond acceptors (Lipinski definition) is 5. The molecule has 2 amide bonds. The SMILES string of the molecule is CC1OCNC1C(=O)NC12CC(NC(=O)COc3ccc(Cl)c(F)c3)(C1)C2. The van der Waals surface area contributed by atoms with Crippen molar-refractivity contribution in [2.45, 2.75) is 49.4 Å². The minimum absolute atomic E-state index is 0.00164. The van der Waals surface area contributed by atoms with Crippen molar-refractivity contribution in [2.24, 2.45) is 0 Å². The summed E-state index contributed by atoms with van der Waals surface area (Å²) in [6, 6.07) is 3.69. The summed E-state index contributed by atoms with van der Waals surface area (Å²) in [6.45, 7) is 2.04. The molecule has 2 bridgehead atoms. The van der Waals surface area contributed by atoms with Crippen LogP contribution >= 0.6 is 11.6 Å². The van der Waals surface area contributed by atoms with Crippen LogP contribution in [0.4, 0.5) is 4.39 Å². The Labute approximate surface area is 160 Å². The normalized spacial score (nSPS) is 33.6. The van der Waals surface area contributed by atoms with Gasteiger partial charge >= 0.3 is 0 Å². The summed E-state index contributed by atoms with van der Waals surface area (Å²) in [4.78, 5) is 24.4. The van der Waals surface area contributed by atoms with Crippen molar-refractivity contribution in [3.8, 4) is 5.75 Å². The van der Waals surface area contributed by atoms with Gasteiger partial charge in [-0.25, -0.2) is 4.39 Å². The first-order valence-corrected chi connectivity index (χ1v) is 9.24. The average molecular weight is 398 g/mol. The van der Waals surface area contributed by atoms with Crippen molar-refractivity contribution in [1.82, 2.24) is 16.0 Å². The van der Waals surface area contributed by atoms with Crippen molar-refractivity contribution in [2.75, 3.05) is 13.3 Å². The van der Waals surface area contributed by atoms with Crippen molar-refractivity contribution in [1.29, 1.82) is 0 Å². The molecule has 4 aliphatic rings. The molecule has 0 radical (unpaired) electrons. The lowest BCUT2D eigenvalue weighted by Gasteiger charge is -2.70. The maximum Gasteiger partial charge on any atom is 0.258 e. The highest BCUT2D eigenvalue weighted by atomic mass is 35.5. The van der Waals surface area contributed by atoms with Crippen LogP contribution in [0.3, 0.4) is 0 Å². The van der Waals surface area contributed by atoms with Gasteiger partial charge in [0.15, 0.2) is 6.61 Å². The molecule has 1 aromatic carbocycles. The molecule has 0 spiro atoms. The van der Waals surface area contributed by atoms with E-state index in [1.165, 1.54) is 12.1 Å². The van der Waals surface area contributed by atoms with E-state index in [1.807, 2.05) is 6.92 Å². The van der Waals surface area contributed by atoms with E-state index in [9.17, 15) is 14.0 Å². The Morgan fingerprint density at radius 1 is 1.33 bits per heavy atom. The fraction of sp³-hybridized carbons (Fsp3) is 0.556. The third-order valence-corrected chi connectivity index (χ3v) is 5.79. The molecule has 1 heterocycles. The minimum Gasteiger partial charge on any atom is -0.484 e. The lowest BCUT2D eigenvalue weighted by atomic mass is 9.44. The molecule has 3 aliphatic carbocycles. The molecule has 1 aromatic rings. The van der Waals surface area contributed by atoms with Gasteiger partial charge < -0.3 is 20.1 Å². The van der Waals surface area contributed by atoms with Crippen molar-refractivity contribution >= 4 is 23.4 Å². The molecule has 3 N–H and O–H groups in total. The highest BCUT2D eigenvalue weighted by molar-refractivity contribution is 6.30. The molecular weight excluding hydrogens is 377 g/mol. The number of amides is 2. The fourth-order valence-electron chi connectivity index (χ4n) is 4.28. The van der Waals surface area contributed by atoms with Gasteiger partial charge in [-0.05, 0) is 38.3 Å². The molecule has 4 fully saturated rings. The summed E-state index contributed by atoms with van der Waals surface area (Å²) in [7, 11) is 0. The lowest BCUT2D eigenvalue weighted by molar-refractivity contribution is -0.151. The number of hydrogen-bond donors (Lipinski definition) is 3. The van der Waals surface area contributed by atoms with Gasteiger partial charge in [-0.3, -0.25) is 14.9 Å². The van der Waals surface area contributed by atoms with Crippen molar-refractivity contribution in [3.63, 3.8) is 0 Å². The zero-order chi connectivity index (χ0) is 19.2. The molecule has 1 saturated heterocycles. The standard InChI is InChI=1S/C18H21ClFN3O4/c1-10-15(21-9-27-10)16(25)23-18-6-17(7-18,8-18)22-14(24)5-26-11-2-3-12(19)13(20)4-11/h2-4,10,15,21H,5-9H2,1H3,(H,22,24)(H,23,25). The summed E-state index contributed by atoms with van der Waals surface area (Å²) in [5, 5.41) is 9.06. The highest BCUT2D eigenvalue weighted by Crippen LogP contribution is 2.60. The van der Waals surface area contributed by atoms with E-state index >= 15 is 0 Å². The molecule has 3 saturated carbocycles. The Morgan fingerprint density at radius 2 is 2.04 bits per heavy atom. The zero-order valence-electron chi connectivity index (χ0n) is 14.8. The van der Waals surface area contributed by atoms with Crippen LogP contribution in [-0.4, -0.2) is 48.4 Å². The molecular formula is C18H21ClFN3O4. The third-order valence-electron chi connectivity index (χ3n) is 5.49. The van der Waals surface area contributed by atoms with Crippen molar-refractivity contribution in [3.05, 3.63) is 29.0 Å². The predicted octanol–water partition coefficient (Wildman–Crippen LogP) is 1.10. The molecule has 7 nitrogen and oxygen atoms in total. The minimum atomic E-state index is -0.594. The number of benzene rings is 1. The van der Waals surface area contributed by atoms with E-state index in [2.05, 4.69) is 16.0 Å².